The van der Waals surface area contributed by atoms with Gasteiger partial charge in [0.1, 0.15) is 29.8 Å². The monoisotopic (exact) mass is 427 g/mol. The van der Waals surface area contributed by atoms with Crippen molar-refractivity contribution in [3.63, 3.8) is 0 Å². The van der Waals surface area contributed by atoms with Crippen molar-refractivity contribution in [3.8, 4) is 16.9 Å². The van der Waals surface area contributed by atoms with Crippen LogP contribution in [0.25, 0.3) is 22.2 Å². The molecule has 0 saturated carbocycles. The van der Waals surface area contributed by atoms with Crippen molar-refractivity contribution in [2.75, 3.05) is 18.1 Å². The SMILES string of the molecule is CCc1nc(C)c(CC)c(N2CCOc3ccc(-c4ccc5nc(C)[nH]c5c4)cc3C2)n1. The Labute approximate surface area is 188 Å². The number of hydrogen-bond acceptors (Lipinski definition) is 5. The second-order valence-electron chi connectivity index (χ2n) is 8.38. The first-order chi connectivity index (χ1) is 15.6. The number of imidazole rings is 1. The third-order valence-electron chi connectivity index (χ3n) is 6.18. The molecule has 1 N–H and O–H groups in total. The lowest BCUT2D eigenvalue weighted by atomic mass is 10.0. The largest absolute Gasteiger partial charge is 0.491 e. The van der Waals surface area contributed by atoms with Gasteiger partial charge in [-0.25, -0.2) is 15.0 Å². The van der Waals surface area contributed by atoms with Crippen LogP contribution in [0.3, 0.4) is 0 Å². The number of aromatic nitrogens is 4. The number of aryl methyl sites for hydroxylation is 3. The van der Waals surface area contributed by atoms with Crippen molar-refractivity contribution in [2.24, 2.45) is 0 Å². The van der Waals surface area contributed by atoms with E-state index in [4.69, 9.17) is 9.72 Å². The summed E-state index contributed by atoms with van der Waals surface area (Å²) in [5.74, 6) is 3.83. The van der Waals surface area contributed by atoms with Gasteiger partial charge in [-0.3, -0.25) is 0 Å². The topological polar surface area (TPSA) is 66.9 Å². The molecule has 0 saturated heterocycles. The molecular weight excluding hydrogens is 398 g/mol. The quantitative estimate of drug-likeness (QED) is 0.487. The molecule has 0 radical (unpaired) electrons. The fourth-order valence-corrected chi connectivity index (χ4v) is 4.54. The highest BCUT2D eigenvalue weighted by Gasteiger charge is 2.21. The minimum absolute atomic E-state index is 0.638. The summed E-state index contributed by atoms with van der Waals surface area (Å²) < 4.78 is 6.12. The Balaban J connectivity index is 1.53. The predicted octanol–water partition coefficient (Wildman–Crippen LogP) is 5.16. The summed E-state index contributed by atoms with van der Waals surface area (Å²) in [4.78, 5) is 19.8. The number of ether oxygens (including phenoxy) is 1. The molecule has 164 valence electrons. The smallest absolute Gasteiger partial charge is 0.136 e. The highest BCUT2D eigenvalue weighted by atomic mass is 16.5. The van der Waals surface area contributed by atoms with Gasteiger partial charge in [0.05, 0.1) is 17.6 Å². The molecule has 32 heavy (non-hydrogen) atoms. The van der Waals surface area contributed by atoms with Crippen molar-refractivity contribution in [2.45, 2.75) is 47.1 Å². The van der Waals surface area contributed by atoms with Gasteiger partial charge in [-0.2, -0.15) is 0 Å². The molecule has 0 atom stereocenters. The molecule has 2 aromatic heterocycles. The summed E-state index contributed by atoms with van der Waals surface area (Å²) in [6, 6.07) is 12.9. The molecule has 2 aromatic carbocycles. The van der Waals surface area contributed by atoms with E-state index in [1.807, 2.05) is 6.92 Å². The van der Waals surface area contributed by atoms with Crippen LogP contribution in [0.1, 0.15) is 42.3 Å². The summed E-state index contributed by atoms with van der Waals surface area (Å²) in [6.45, 7) is 10.6. The normalized spacial score (nSPS) is 13.7. The first-order valence-electron chi connectivity index (χ1n) is 11.4. The van der Waals surface area contributed by atoms with E-state index in [-0.39, 0.29) is 0 Å². The van der Waals surface area contributed by atoms with Crippen molar-refractivity contribution in [3.05, 3.63) is 64.9 Å². The van der Waals surface area contributed by atoms with Crippen LogP contribution >= 0.6 is 0 Å². The molecule has 5 rings (SSSR count). The van der Waals surface area contributed by atoms with Crippen molar-refractivity contribution >= 4 is 16.9 Å². The van der Waals surface area contributed by atoms with Gasteiger partial charge in [0.15, 0.2) is 0 Å². The van der Waals surface area contributed by atoms with E-state index in [0.717, 1.165) is 65.9 Å². The molecule has 0 aliphatic carbocycles. The number of H-pyrrole nitrogens is 1. The minimum Gasteiger partial charge on any atom is -0.491 e. The van der Waals surface area contributed by atoms with Crippen molar-refractivity contribution in [1.29, 1.82) is 0 Å². The summed E-state index contributed by atoms with van der Waals surface area (Å²) in [7, 11) is 0. The molecule has 3 heterocycles. The molecule has 0 fully saturated rings. The highest BCUT2D eigenvalue weighted by molar-refractivity contribution is 5.82. The van der Waals surface area contributed by atoms with Crippen LogP contribution in [0, 0.1) is 13.8 Å². The Morgan fingerprint density at radius 3 is 2.59 bits per heavy atom. The maximum atomic E-state index is 6.12. The molecular formula is C26H29N5O. The Morgan fingerprint density at radius 1 is 0.969 bits per heavy atom. The molecule has 1 aliphatic heterocycles. The van der Waals surface area contributed by atoms with Gasteiger partial charge in [0.25, 0.3) is 0 Å². The number of aromatic amines is 1. The lowest BCUT2D eigenvalue weighted by Gasteiger charge is -2.25. The van der Waals surface area contributed by atoms with E-state index in [2.05, 4.69) is 77.0 Å². The zero-order valence-corrected chi connectivity index (χ0v) is 19.2. The van der Waals surface area contributed by atoms with E-state index >= 15 is 0 Å². The molecule has 1 aliphatic rings. The van der Waals surface area contributed by atoms with Gasteiger partial charge in [-0.05, 0) is 55.7 Å². The molecule has 6 nitrogen and oxygen atoms in total. The number of fused-ring (bicyclic) bond motifs is 2. The zero-order chi connectivity index (χ0) is 22.2. The summed E-state index contributed by atoms with van der Waals surface area (Å²) >= 11 is 0. The molecule has 0 spiro atoms. The maximum Gasteiger partial charge on any atom is 0.136 e. The third kappa shape index (κ3) is 3.70. The van der Waals surface area contributed by atoms with Crippen LogP contribution in [-0.4, -0.2) is 33.1 Å². The predicted molar refractivity (Wildman–Crippen MR) is 128 cm³/mol. The van der Waals surface area contributed by atoms with Crippen LogP contribution in [0.15, 0.2) is 36.4 Å². The van der Waals surface area contributed by atoms with Gasteiger partial charge in [-0.1, -0.05) is 26.0 Å². The Morgan fingerprint density at radius 2 is 1.78 bits per heavy atom. The first kappa shape index (κ1) is 20.5. The van der Waals surface area contributed by atoms with Crippen molar-refractivity contribution in [1.82, 2.24) is 19.9 Å². The third-order valence-corrected chi connectivity index (χ3v) is 6.18. The number of anilines is 1. The Bertz CT molecular complexity index is 1290. The second kappa shape index (κ2) is 8.26. The molecule has 6 heteroatoms. The van der Waals surface area contributed by atoms with Crippen molar-refractivity contribution < 1.29 is 4.74 Å². The van der Waals surface area contributed by atoms with Gasteiger partial charge < -0.3 is 14.6 Å². The highest BCUT2D eigenvalue weighted by Crippen LogP contribution is 2.33. The molecule has 0 bridgehead atoms. The van der Waals surface area contributed by atoms with Crippen LogP contribution in [0.5, 0.6) is 5.75 Å². The van der Waals surface area contributed by atoms with Crippen LogP contribution in [0.4, 0.5) is 5.82 Å². The van der Waals surface area contributed by atoms with Crippen LogP contribution < -0.4 is 9.64 Å². The van der Waals surface area contributed by atoms with E-state index < -0.39 is 0 Å². The Kier molecular flexibility index (Phi) is 5.29. The number of nitrogens with one attached hydrogen (secondary N) is 1. The maximum absolute atomic E-state index is 6.12. The standard InChI is InChI=1S/C26H29N5O/c1-5-21-16(3)27-25(6-2)30-26(21)31-11-12-32-24-10-8-18(13-20(24)15-31)19-7-9-22-23(14-19)29-17(4)28-22/h7-10,13-14H,5-6,11-12,15H2,1-4H3,(H,28,29). The lowest BCUT2D eigenvalue weighted by Crippen LogP contribution is -2.28. The lowest BCUT2D eigenvalue weighted by molar-refractivity contribution is 0.331. The van der Waals surface area contributed by atoms with E-state index in [9.17, 15) is 0 Å². The number of rotatable bonds is 4. The number of nitrogens with zero attached hydrogens (tertiary/aromatic N) is 4. The molecule has 4 aromatic rings. The van der Waals surface area contributed by atoms with Crippen LogP contribution in [-0.2, 0) is 19.4 Å². The van der Waals surface area contributed by atoms with E-state index in [1.54, 1.807) is 0 Å². The van der Waals surface area contributed by atoms with Crippen LogP contribution in [0.2, 0.25) is 0 Å². The Hall–Kier alpha value is -3.41. The minimum atomic E-state index is 0.638. The fraction of sp³-hybridized carbons (Fsp3) is 0.346. The average Bonchev–Trinajstić information content (AvgIpc) is 3.04. The fourth-order valence-electron chi connectivity index (χ4n) is 4.54. The second-order valence-corrected chi connectivity index (χ2v) is 8.38. The molecule has 0 amide bonds. The summed E-state index contributed by atoms with van der Waals surface area (Å²) in [6.07, 6.45) is 1.75. The van der Waals surface area contributed by atoms with Gasteiger partial charge in [-0.15, -0.1) is 0 Å². The van der Waals surface area contributed by atoms with Gasteiger partial charge >= 0.3 is 0 Å². The zero-order valence-electron chi connectivity index (χ0n) is 19.2. The number of hydrogen-bond donors (Lipinski definition) is 1. The van der Waals surface area contributed by atoms with Gasteiger partial charge in [0, 0.05) is 29.8 Å². The average molecular weight is 428 g/mol. The number of benzene rings is 2. The molecule has 0 unspecified atom stereocenters. The van der Waals surface area contributed by atoms with Gasteiger partial charge in [0.2, 0.25) is 0 Å². The summed E-state index contributed by atoms with van der Waals surface area (Å²) in [5.41, 5.74) is 7.88. The van der Waals surface area contributed by atoms with E-state index in [0.29, 0.717) is 6.61 Å². The summed E-state index contributed by atoms with van der Waals surface area (Å²) in [5, 5.41) is 0. The van der Waals surface area contributed by atoms with E-state index in [1.165, 1.54) is 22.3 Å². The first-order valence-corrected chi connectivity index (χ1v) is 11.4.